The zero-order chi connectivity index (χ0) is 21.7. The fraction of sp³-hybridized carbons (Fsp3) is 0.318. The van der Waals surface area contributed by atoms with Crippen molar-refractivity contribution in [1.82, 2.24) is 14.8 Å². The molecule has 3 aromatic rings. The Morgan fingerprint density at radius 2 is 1.83 bits per heavy atom. The predicted octanol–water partition coefficient (Wildman–Crippen LogP) is 4.87. The van der Waals surface area contributed by atoms with Crippen molar-refractivity contribution in [2.75, 3.05) is 12.4 Å². The Labute approximate surface area is 179 Å². The Balaban J connectivity index is 1.83. The molecule has 0 aliphatic heterocycles. The van der Waals surface area contributed by atoms with Crippen LogP contribution in [-0.4, -0.2) is 33.0 Å². The molecule has 0 aliphatic carbocycles. The molecule has 0 spiro atoms. The number of carbonyl (C=O) groups is 1. The van der Waals surface area contributed by atoms with Gasteiger partial charge in [-0.2, -0.15) is 0 Å². The number of amides is 1. The van der Waals surface area contributed by atoms with E-state index in [0.717, 1.165) is 0 Å². The number of ether oxygens (including phenoxy) is 1. The first kappa shape index (κ1) is 21.8. The first-order valence-electron chi connectivity index (χ1n) is 9.69. The summed E-state index contributed by atoms with van der Waals surface area (Å²) in [5.41, 5.74) is 0.997. The highest BCUT2D eigenvalue weighted by Gasteiger charge is 2.23. The van der Waals surface area contributed by atoms with Gasteiger partial charge in [0.2, 0.25) is 5.91 Å². The van der Waals surface area contributed by atoms with E-state index in [1.54, 1.807) is 44.4 Å². The average Bonchev–Trinajstić information content (AvgIpc) is 3.10. The maximum Gasteiger partial charge on any atom is 0.237 e. The van der Waals surface area contributed by atoms with Gasteiger partial charge in [-0.1, -0.05) is 49.9 Å². The lowest BCUT2D eigenvalue weighted by atomic mass is 10.2. The van der Waals surface area contributed by atoms with Gasteiger partial charge in [0.1, 0.15) is 11.6 Å². The maximum atomic E-state index is 14.3. The van der Waals surface area contributed by atoms with Crippen molar-refractivity contribution in [3.8, 4) is 17.1 Å². The number of para-hydroxylation sites is 2. The molecule has 1 amide bonds. The van der Waals surface area contributed by atoms with Crippen LogP contribution in [0.2, 0.25) is 0 Å². The molecule has 0 saturated heterocycles. The van der Waals surface area contributed by atoms with Gasteiger partial charge in [0, 0.05) is 6.54 Å². The lowest BCUT2D eigenvalue weighted by molar-refractivity contribution is -0.115. The number of anilines is 1. The third-order valence-corrected chi connectivity index (χ3v) is 5.48. The van der Waals surface area contributed by atoms with Gasteiger partial charge >= 0.3 is 0 Å². The summed E-state index contributed by atoms with van der Waals surface area (Å²) in [6.07, 6.45) is 0. The summed E-state index contributed by atoms with van der Waals surface area (Å²) in [5, 5.41) is 11.5. The predicted molar refractivity (Wildman–Crippen MR) is 117 cm³/mol. The van der Waals surface area contributed by atoms with Crippen LogP contribution in [-0.2, 0) is 11.3 Å². The Hall–Kier alpha value is -2.87. The van der Waals surface area contributed by atoms with Crippen molar-refractivity contribution >= 4 is 23.4 Å². The van der Waals surface area contributed by atoms with Gasteiger partial charge in [0.05, 0.1) is 23.6 Å². The molecule has 1 aromatic heterocycles. The zero-order valence-electron chi connectivity index (χ0n) is 17.4. The second-order valence-corrected chi connectivity index (χ2v) is 8.55. The van der Waals surface area contributed by atoms with Gasteiger partial charge in [-0.25, -0.2) is 4.39 Å². The number of aromatic nitrogens is 3. The molecule has 1 atom stereocenters. The molecular weight excluding hydrogens is 403 g/mol. The van der Waals surface area contributed by atoms with E-state index in [4.69, 9.17) is 4.74 Å². The van der Waals surface area contributed by atoms with E-state index in [-0.39, 0.29) is 11.7 Å². The maximum absolute atomic E-state index is 14.3. The lowest BCUT2D eigenvalue weighted by Crippen LogP contribution is -2.23. The molecule has 8 heteroatoms. The van der Waals surface area contributed by atoms with E-state index in [1.165, 1.54) is 17.8 Å². The van der Waals surface area contributed by atoms with Crippen LogP contribution in [0.3, 0.4) is 0 Å². The van der Waals surface area contributed by atoms with Crippen LogP contribution >= 0.6 is 11.8 Å². The molecule has 2 aromatic carbocycles. The SMILES string of the molecule is COc1ccccc1NC(=O)C(C)Sc1nnc(-c2ccccc2F)n1CC(C)C. The molecule has 1 heterocycles. The summed E-state index contributed by atoms with van der Waals surface area (Å²) in [4.78, 5) is 12.7. The molecule has 1 unspecified atom stereocenters. The van der Waals surface area contributed by atoms with Crippen LogP contribution in [0.1, 0.15) is 20.8 Å². The molecular formula is C22H25FN4O2S. The van der Waals surface area contributed by atoms with Gasteiger partial charge in [-0.15, -0.1) is 10.2 Å². The fourth-order valence-electron chi connectivity index (χ4n) is 2.94. The van der Waals surface area contributed by atoms with Crippen LogP contribution in [0.25, 0.3) is 11.4 Å². The monoisotopic (exact) mass is 428 g/mol. The summed E-state index contributed by atoms with van der Waals surface area (Å²) < 4.78 is 21.5. The van der Waals surface area contributed by atoms with Crippen molar-refractivity contribution in [2.45, 2.75) is 37.7 Å². The molecule has 30 heavy (non-hydrogen) atoms. The van der Waals surface area contributed by atoms with Crippen molar-refractivity contribution in [2.24, 2.45) is 5.92 Å². The average molecular weight is 429 g/mol. The van der Waals surface area contributed by atoms with E-state index in [2.05, 4.69) is 29.4 Å². The number of benzene rings is 2. The number of thioether (sulfide) groups is 1. The number of carbonyl (C=O) groups excluding carboxylic acids is 1. The summed E-state index contributed by atoms with van der Waals surface area (Å²) in [6, 6.07) is 13.7. The van der Waals surface area contributed by atoms with Crippen molar-refractivity contribution in [1.29, 1.82) is 0 Å². The first-order valence-corrected chi connectivity index (χ1v) is 10.6. The smallest absolute Gasteiger partial charge is 0.237 e. The van der Waals surface area contributed by atoms with Gasteiger partial charge in [0.15, 0.2) is 11.0 Å². The number of methoxy groups -OCH3 is 1. The third kappa shape index (κ3) is 4.99. The van der Waals surface area contributed by atoms with Gasteiger partial charge < -0.3 is 14.6 Å². The van der Waals surface area contributed by atoms with Gasteiger partial charge in [0.25, 0.3) is 0 Å². The van der Waals surface area contributed by atoms with Crippen LogP contribution in [0.5, 0.6) is 5.75 Å². The number of rotatable bonds is 8. The van der Waals surface area contributed by atoms with Crippen molar-refractivity contribution < 1.29 is 13.9 Å². The highest BCUT2D eigenvalue weighted by molar-refractivity contribution is 8.00. The third-order valence-electron chi connectivity index (χ3n) is 4.40. The molecule has 3 rings (SSSR count). The number of nitrogens with zero attached hydrogens (tertiary/aromatic N) is 3. The van der Waals surface area contributed by atoms with Gasteiger partial charge in [-0.3, -0.25) is 4.79 Å². The number of hydrogen-bond donors (Lipinski definition) is 1. The van der Waals surface area contributed by atoms with E-state index < -0.39 is 5.25 Å². The van der Waals surface area contributed by atoms with Crippen molar-refractivity contribution in [3.05, 3.63) is 54.3 Å². The normalized spacial score (nSPS) is 12.1. The number of hydrogen-bond acceptors (Lipinski definition) is 5. The molecule has 158 valence electrons. The summed E-state index contributed by atoms with van der Waals surface area (Å²) in [7, 11) is 1.56. The molecule has 1 N–H and O–H groups in total. The number of halogens is 1. The molecule has 6 nitrogen and oxygen atoms in total. The zero-order valence-corrected chi connectivity index (χ0v) is 18.2. The van der Waals surface area contributed by atoms with Crippen LogP contribution < -0.4 is 10.1 Å². The highest BCUT2D eigenvalue weighted by atomic mass is 32.2. The Morgan fingerprint density at radius 1 is 1.13 bits per heavy atom. The molecule has 0 fully saturated rings. The lowest BCUT2D eigenvalue weighted by Gasteiger charge is -2.16. The van der Waals surface area contributed by atoms with E-state index in [0.29, 0.717) is 40.4 Å². The number of nitrogens with one attached hydrogen (secondary N) is 1. The summed E-state index contributed by atoms with van der Waals surface area (Å²) in [6.45, 7) is 6.54. The second kappa shape index (κ2) is 9.75. The quantitative estimate of drug-likeness (QED) is 0.519. The van der Waals surface area contributed by atoms with E-state index >= 15 is 0 Å². The first-order chi connectivity index (χ1) is 14.4. The van der Waals surface area contributed by atoms with Gasteiger partial charge in [-0.05, 0) is 37.1 Å². The van der Waals surface area contributed by atoms with E-state index in [1.807, 2.05) is 16.7 Å². The standard InChI is InChI=1S/C22H25FN4O2S/c1-14(2)13-27-20(16-9-5-6-10-17(16)23)25-26-22(27)30-15(3)21(28)24-18-11-7-8-12-19(18)29-4/h5-12,14-15H,13H2,1-4H3,(H,24,28). The summed E-state index contributed by atoms with van der Waals surface area (Å²) >= 11 is 1.29. The molecule has 0 saturated carbocycles. The van der Waals surface area contributed by atoms with Crippen LogP contribution in [0.15, 0.2) is 53.7 Å². The topological polar surface area (TPSA) is 69.0 Å². The fourth-order valence-corrected chi connectivity index (χ4v) is 3.80. The largest absolute Gasteiger partial charge is 0.495 e. The minimum Gasteiger partial charge on any atom is -0.495 e. The molecule has 0 bridgehead atoms. The minimum atomic E-state index is -0.446. The second-order valence-electron chi connectivity index (χ2n) is 7.24. The van der Waals surface area contributed by atoms with Crippen LogP contribution in [0, 0.1) is 11.7 Å². The molecule has 0 radical (unpaired) electrons. The Kier molecular flexibility index (Phi) is 7.10. The van der Waals surface area contributed by atoms with E-state index in [9.17, 15) is 9.18 Å². The molecule has 0 aliphatic rings. The Bertz CT molecular complexity index is 1020. The highest BCUT2D eigenvalue weighted by Crippen LogP contribution is 2.30. The summed E-state index contributed by atoms with van der Waals surface area (Å²) in [5.74, 6) is 0.808. The van der Waals surface area contributed by atoms with Crippen LogP contribution in [0.4, 0.5) is 10.1 Å². The van der Waals surface area contributed by atoms with Crippen molar-refractivity contribution in [3.63, 3.8) is 0 Å². The Morgan fingerprint density at radius 3 is 2.53 bits per heavy atom. The minimum absolute atomic E-state index is 0.184.